The van der Waals surface area contributed by atoms with Crippen molar-refractivity contribution in [3.63, 3.8) is 0 Å². The van der Waals surface area contributed by atoms with Gasteiger partial charge in [0.25, 0.3) is 0 Å². The fourth-order valence-electron chi connectivity index (χ4n) is 4.30. The normalized spacial score (nSPS) is 13.7. The average molecular weight is 471 g/mol. The Bertz CT molecular complexity index is 1240. The number of nitrogens with zero attached hydrogens (tertiary/aromatic N) is 2. The molecule has 0 bridgehead atoms. The Morgan fingerprint density at radius 3 is 2.26 bits per heavy atom. The maximum Gasteiger partial charge on any atom is 0.199 e. The zero-order valence-electron chi connectivity index (χ0n) is 19.2. The van der Waals surface area contributed by atoms with E-state index in [1.165, 1.54) is 37.1 Å². The molecule has 0 unspecified atom stereocenters. The molecule has 5 rings (SSSR count). The van der Waals surface area contributed by atoms with E-state index in [1.54, 1.807) is 42.5 Å². The summed E-state index contributed by atoms with van der Waals surface area (Å²) < 4.78 is 11.6. The third-order valence-electron chi connectivity index (χ3n) is 6.16. The van der Waals surface area contributed by atoms with Crippen molar-refractivity contribution < 1.29 is 24.3 Å². The molecule has 1 aromatic heterocycles. The molecule has 0 saturated carbocycles. The van der Waals surface area contributed by atoms with Crippen LogP contribution in [0.4, 0.5) is 0 Å². The highest BCUT2D eigenvalue weighted by Crippen LogP contribution is 2.35. The first-order chi connectivity index (χ1) is 17.1. The van der Waals surface area contributed by atoms with Crippen LogP contribution in [-0.2, 0) is 0 Å². The van der Waals surface area contributed by atoms with Crippen molar-refractivity contribution in [2.45, 2.75) is 12.8 Å². The number of hydrogen-bond donors (Lipinski definition) is 2. The topological polar surface area (TPSA) is 96.0 Å². The molecule has 178 valence electrons. The van der Waals surface area contributed by atoms with Crippen LogP contribution in [0.3, 0.4) is 0 Å². The van der Waals surface area contributed by atoms with Crippen LogP contribution in [0.5, 0.6) is 17.2 Å². The molecule has 7 nitrogen and oxygen atoms in total. The molecule has 7 heteroatoms. The summed E-state index contributed by atoms with van der Waals surface area (Å²) >= 11 is 0. The van der Waals surface area contributed by atoms with Gasteiger partial charge in [0.05, 0.1) is 5.56 Å². The van der Waals surface area contributed by atoms with Gasteiger partial charge in [0.1, 0.15) is 29.5 Å². The first kappa shape index (κ1) is 22.7. The van der Waals surface area contributed by atoms with Crippen molar-refractivity contribution in [3.05, 3.63) is 83.9 Å². The van der Waals surface area contributed by atoms with Crippen molar-refractivity contribution in [2.75, 3.05) is 26.2 Å². The zero-order chi connectivity index (χ0) is 24.2. The highest BCUT2D eigenvalue weighted by Gasteiger charge is 2.26. The maximum absolute atomic E-state index is 13.8. The van der Waals surface area contributed by atoms with Gasteiger partial charge in [-0.1, -0.05) is 17.3 Å². The molecule has 0 atom stereocenters. The van der Waals surface area contributed by atoms with E-state index >= 15 is 0 Å². The van der Waals surface area contributed by atoms with Gasteiger partial charge in [-0.25, -0.2) is 0 Å². The molecule has 35 heavy (non-hydrogen) atoms. The first-order valence-corrected chi connectivity index (χ1v) is 11.7. The molecule has 0 spiro atoms. The quantitative estimate of drug-likeness (QED) is 0.345. The smallest absolute Gasteiger partial charge is 0.199 e. The largest absolute Gasteiger partial charge is 0.508 e. The molecule has 1 fully saturated rings. The highest BCUT2D eigenvalue weighted by molar-refractivity contribution is 6.15. The Hall–Kier alpha value is -4.10. The summed E-state index contributed by atoms with van der Waals surface area (Å²) in [5, 5.41) is 23.6. The number of aromatic hydroxyl groups is 2. The Morgan fingerprint density at radius 1 is 0.914 bits per heavy atom. The molecule has 2 heterocycles. The van der Waals surface area contributed by atoms with Crippen LogP contribution < -0.4 is 4.74 Å². The van der Waals surface area contributed by atoms with Gasteiger partial charge in [0.15, 0.2) is 11.5 Å². The molecule has 2 N–H and O–H groups in total. The number of phenols is 2. The molecule has 0 radical (unpaired) electrons. The second kappa shape index (κ2) is 10.0. The summed E-state index contributed by atoms with van der Waals surface area (Å²) in [7, 11) is 0. The Balaban J connectivity index is 1.47. The molecule has 1 aliphatic rings. The molecule has 1 aliphatic heterocycles. The molecular formula is C28H26N2O5. The summed E-state index contributed by atoms with van der Waals surface area (Å²) in [5.74, 6) is 0.894. The Labute approximate surface area is 203 Å². The molecule has 0 amide bonds. The number of likely N-dealkylation sites (tertiary alicyclic amines) is 1. The predicted molar refractivity (Wildman–Crippen MR) is 132 cm³/mol. The van der Waals surface area contributed by atoms with Crippen LogP contribution >= 0.6 is 0 Å². The SMILES string of the molecule is O=C(c1cccc(OCCN2CCCC2)c1)c1c(-c2ccc(O)cc2)noc1-c1ccc(O)cc1. The van der Waals surface area contributed by atoms with Crippen molar-refractivity contribution in [2.24, 2.45) is 0 Å². The fourth-order valence-corrected chi connectivity index (χ4v) is 4.30. The summed E-state index contributed by atoms with van der Waals surface area (Å²) in [6, 6.07) is 20.0. The minimum absolute atomic E-state index is 0.110. The lowest BCUT2D eigenvalue weighted by Gasteiger charge is -2.15. The van der Waals surface area contributed by atoms with Gasteiger partial charge >= 0.3 is 0 Å². The number of rotatable bonds is 8. The van der Waals surface area contributed by atoms with Gasteiger partial charge in [-0.3, -0.25) is 9.69 Å². The third kappa shape index (κ3) is 5.05. The number of hydrogen-bond acceptors (Lipinski definition) is 7. The summed E-state index contributed by atoms with van der Waals surface area (Å²) in [5.41, 5.74) is 2.38. The number of aromatic nitrogens is 1. The Kier molecular flexibility index (Phi) is 6.50. The van der Waals surface area contributed by atoms with Gasteiger partial charge in [-0.05, 0) is 86.6 Å². The van der Waals surface area contributed by atoms with Crippen molar-refractivity contribution in [1.82, 2.24) is 10.1 Å². The average Bonchev–Trinajstić information content (AvgIpc) is 3.55. The van der Waals surface area contributed by atoms with Crippen molar-refractivity contribution in [1.29, 1.82) is 0 Å². The van der Waals surface area contributed by atoms with E-state index in [0.717, 1.165) is 19.6 Å². The van der Waals surface area contributed by atoms with Gasteiger partial charge in [0.2, 0.25) is 0 Å². The van der Waals surface area contributed by atoms with E-state index in [2.05, 4.69) is 10.1 Å². The number of ether oxygens (including phenoxy) is 1. The van der Waals surface area contributed by atoms with Gasteiger partial charge < -0.3 is 19.5 Å². The van der Waals surface area contributed by atoms with Gasteiger partial charge in [-0.2, -0.15) is 0 Å². The van der Waals surface area contributed by atoms with Crippen LogP contribution in [0.2, 0.25) is 0 Å². The lowest BCUT2D eigenvalue weighted by molar-refractivity contribution is 0.103. The number of benzene rings is 3. The summed E-state index contributed by atoms with van der Waals surface area (Å²) in [6.45, 7) is 3.63. The third-order valence-corrected chi connectivity index (χ3v) is 6.16. The van der Waals surface area contributed by atoms with Gasteiger partial charge in [-0.15, -0.1) is 0 Å². The molecule has 3 aromatic carbocycles. The molecule has 1 saturated heterocycles. The number of ketones is 1. The highest BCUT2D eigenvalue weighted by atomic mass is 16.5. The lowest BCUT2D eigenvalue weighted by atomic mass is 9.95. The van der Waals surface area contributed by atoms with Crippen molar-refractivity contribution in [3.8, 4) is 39.8 Å². The van der Waals surface area contributed by atoms with E-state index in [4.69, 9.17) is 9.26 Å². The standard InChI is InChI=1S/C28H26N2O5/c31-22-10-6-19(7-11-22)26-25(28(35-29-26)20-8-12-23(32)13-9-20)27(33)21-4-3-5-24(18-21)34-17-16-30-14-1-2-15-30/h3-13,18,31-32H,1-2,14-17H2. The van der Waals surface area contributed by atoms with E-state index in [1.807, 2.05) is 6.07 Å². The van der Waals surface area contributed by atoms with Crippen LogP contribution in [0.15, 0.2) is 77.3 Å². The lowest BCUT2D eigenvalue weighted by Crippen LogP contribution is -2.25. The molecular weight excluding hydrogens is 444 g/mol. The van der Waals surface area contributed by atoms with Crippen LogP contribution in [0, 0.1) is 0 Å². The molecule has 0 aliphatic carbocycles. The maximum atomic E-state index is 13.8. The van der Waals surface area contributed by atoms with E-state index in [-0.39, 0.29) is 17.3 Å². The van der Waals surface area contributed by atoms with Crippen molar-refractivity contribution >= 4 is 5.78 Å². The molecule has 4 aromatic rings. The van der Waals surface area contributed by atoms with E-state index in [9.17, 15) is 15.0 Å². The van der Waals surface area contributed by atoms with Gasteiger partial charge in [0, 0.05) is 23.2 Å². The number of carbonyl (C=O) groups is 1. The number of carbonyl (C=O) groups excluding carboxylic acids is 1. The van der Waals surface area contributed by atoms with Crippen LogP contribution in [0.25, 0.3) is 22.6 Å². The second-order valence-electron chi connectivity index (χ2n) is 8.58. The van der Waals surface area contributed by atoms with E-state index in [0.29, 0.717) is 46.1 Å². The fraction of sp³-hybridized carbons (Fsp3) is 0.214. The second-order valence-corrected chi connectivity index (χ2v) is 8.58. The number of phenolic OH excluding ortho intramolecular Hbond substituents is 2. The first-order valence-electron chi connectivity index (χ1n) is 11.7. The Morgan fingerprint density at radius 2 is 1.57 bits per heavy atom. The van der Waals surface area contributed by atoms with Crippen LogP contribution in [0.1, 0.15) is 28.8 Å². The zero-order valence-corrected chi connectivity index (χ0v) is 19.2. The van der Waals surface area contributed by atoms with Crippen LogP contribution in [-0.4, -0.2) is 52.3 Å². The monoisotopic (exact) mass is 470 g/mol. The minimum atomic E-state index is -0.262. The summed E-state index contributed by atoms with van der Waals surface area (Å²) in [6.07, 6.45) is 2.46. The minimum Gasteiger partial charge on any atom is -0.508 e. The predicted octanol–water partition coefficient (Wildman–Crippen LogP) is 5.13. The van der Waals surface area contributed by atoms with E-state index < -0.39 is 0 Å². The summed E-state index contributed by atoms with van der Waals surface area (Å²) in [4.78, 5) is 16.2.